The predicted octanol–water partition coefficient (Wildman–Crippen LogP) is 2.68. The van der Waals surface area contributed by atoms with Crippen LogP contribution in [0.25, 0.3) is 0 Å². The van der Waals surface area contributed by atoms with Gasteiger partial charge in [-0.2, -0.15) is 0 Å². The van der Waals surface area contributed by atoms with Gasteiger partial charge in [0.1, 0.15) is 0 Å². The van der Waals surface area contributed by atoms with Gasteiger partial charge in [-0.25, -0.2) is 4.79 Å². The van der Waals surface area contributed by atoms with Crippen molar-refractivity contribution in [2.45, 2.75) is 0 Å². The number of hydrogen-bond acceptors (Lipinski definition) is 5. The van der Waals surface area contributed by atoms with Crippen molar-refractivity contribution in [2.75, 3.05) is 21.3 Å². The molecule has 0 unspecified atom stereocenters. The molecular formula is C27H24N4Na2O9P2. The summed E-state index contributed by atoms with van der Waals surface area (Å²) >= 11 is 0. The van der Waals surface area contributed by atoms with Crippen molar-refractivity contribution in [1.82, 2.24) is 0 Å². The van der Waals surface area contributed by atoms with Crippen molar-refractivity contribution < 1.29 is 43.1 Å². The summed E-state index contributed by atoms with van der Waals surface area (Å²) in [5.41, 5.74) is 2.06. The van der Waals surface area contributed by atoms with Gasteiger partial charge in [-0.3, -0.25) is 18.7 Å². The third kappa shape index (κ3) is 10.8. The summed E-state index contributed by atoms with van der Waals surface area (Å²) in [6.07, 6.45) is 0. The largest absolute Gasteiger partial charge is 0.356 e. The van der Waals surface area contributed by atoms with Crippen LogP contribution in [-0.2, 0) is 9.13 Å². The minimum absolute atomic E-state index is 0. The molecule has 4 aromatic rings. The molecule has 218 valence electrons. The van der Waals surface area contributed by atoms with Gasteiger partial charge in [0.05, 0.1) is 10.6 Å². The van der Waals surface area contributed by atoms with Gasteiger partial charge in [-0.05, 0) is 97.1 Å². The smallest absolute Gasteiger partial charge is 0.322 e. The van der Waals surface area contributed by atoms with Crippen molar-refractivity contribution in [1.29, 1.82) is 0 Å². The SMILES string of the molecule is O=C(Nc1ccc(C(=O)Nc2ccc(P(=O)(O)O)cc2)cc1)Nc1ccc(C(=O)Nc2ccc(P(=O)(O)O)cc2)cc1.[Na].[Na]. The Bertz CT molecular complexity index is 1580. The molecule has 0 saturated heterocycles. The van der Waals surface area contributed by atoms with E-state index in [1.165, 1.54) is 97.1 Å². The zero-order chi connectivity index (χ0) is 30.5. The van der Waals surface area contributed by atoms with Crippen molar-refractivity contribution in [2.24, 2.45) is 0 Å². The molecule has 0 saturated carbocycles. The van der Waals surface area contributed by atoms with Gasteiger partial charge >= 0.3 is 21.2 Å². The first-order valence-electron chi connectivity index (χ1n) is 12.0. The summed E-state index contributed by atoms with van der Waals surface area (Å²) in [6.45, 7) is 0. The van der Waals surface area contributed by atoms with Crippen molar-refractivity contribution in [3.8, 4) is 0 Å². The molecule has 2 radical (unpaired) electrons. The second-order valence-corrected chi connectivity index (χ2v) is 12.0. The molecule has 0 aliphatic heterocycles. The van der Waals surface area contributed by atoms with Crippen LogP contribution in [0.2, 0.25) is 0 Å². The van der Waals surface area contributed by atoms with Crippen LogP contribution in [0.15, 0.2) is 97.1 Å². The van der Waals surface area contributed by atoms with Crippen LogP contribution in [0, 0.1) is 0 Å². The van der Waals surface area contributed by atoms with Crippen LogP contribution >= 0.6 is 15.2 Å². The number of hydrogen-bond donors (Lipinski definition) is 8. The quantitative estimate of drug-likeness (QED) is 0.103. The summed E-state index contributed by atoms with van der Waals surface area (Å²) in [5.74, 6) is -0.922. The van der Waals surface area contributed by atoms with E-state index in [1.54, 1.807) is 0 Å². The molecule has 0 bridgehead atoms. The molecule has 0 heterocycles. The van der Waals surface area contributed by atoms with E-state index in [0.717, 1.165) is 0 Å². The number of carbonyl (C=O) groups is 3. The van der Waals surface area contributed by atoms with E-state index in [1.807, 2.05) is 0 Å². The van der Waals surface area contributed by atoms with Crippen molar-refractivity contribution >= 4 is 126 Å². The number of carbonyl (C=O) groups excluding carboxylic acids is 3. The number of urea groups is 1. The Morgan fingerprint density at radius 1 is 0.432 bits per heavy atom. The van der Waals surface area contributed by atoms with E-state index >= 15 is 0 Å². The molecule has 0 atom stereocenters. The van der Waals surface area contributed by atoms with Gasteiger partial charge in [-0.15, -0.1) is 0 Å². The van der Waals surface area contributed by atoms with Gasteiger partial charge in [-0.1, -0.05) is 0 Å². The Morgan fingerprint density at radius 2 is 0.682 bits per heavy atom. The van der Waals surface area contributed by atoms with E-state index in [0.29, 0.717) is 22.7 Å². The zero-order valence-electron chi connectivity index (χ0n) is 23.5. The zero-order valence-corrected chi connectivity index (χ0v) is 29.3. The summed E-state index contributed by atoms with van der Waals surface area (Å²) in [5, 5.41) is 10.1. The van der Waals surface area contributed by atoms with Gasteiger partial charge < -0.3 is 40.8 Å². The van der Waals surface area contributed by atoms with Crippen LogP contribution < -0.4 is 31.9 Å². The Balaban J connectivity index is 0.00000337. The molecule has 8 N–H and O–H groups in total. The molecule has 4 amide bonds. The Morgan fingerprint density at radius 3 is 0.955 bits per heavy atom. The summed E-state index contributed by atoms with van der Waals surface area (Å²) in [4.78, 5) is 74.0. The molecule has 44 heavy (non-hydrogen) atoms. The molecule has 4 rings (SSSR count). The van der Waals surface area contributed by atoms with Crippen molar-refractivity contribution in [3.63, 3.8) is 0 Å². The van der Waals surface area contributed by atoms with E-state index in [2.05, 4.69) is 21.3 Å². The predicted molar refractivity (Wildman–Crippen MR) is 169 cm³/mol. The molecule has 0 spiro atoms. The second-order valence-electron chi connectivity index (χ2n) is 8.82. The first kappa shape index (κ1) is 37.6. The molecule has 0 aromatic heterocycles. The Hall–Kier alpha value is -2.61. The fourth-order valence-corrected chi connectivity index (χ4v) is 4.66. The van der Waals surface area contributed by atoms with E-state index in [9.17, 15) is 23.5 Å². The van der Waals surface area contributed by atoms with Crippen LogP contribution in [0.4, 0.5) is 27.5 Å². The van der Waals surface area contributed by atoms with E-state index in [-0.39, 0.29) is 80.9 Å². The molecular weight excluding hydrogens is 632 g/mol. The number of rotatable bonds is 8. The molecule has 13 nitrogen and oxygen atoms in total. The average Bonchev–Trinajstić information content (AvgIpc) is 2.93. The normalized spacial score (nSPS) is 10.8. The monoisotopic (exact) mass is 656 g/mol. The van der Waals surface area contributed by atoms with E-state index in [4.69, 9.17) is 19.6 Å². The summed E-state index contributed by atoms with van der Waals surface area (Å²) in [7, 11) is -8.76. The molecule has 4 aromatic carbocycles. The maximum Gasteiger partial charge on any atom is 0.356 e. The van der Waals surface area contributed by atoms with E-state index < -0.39 is 33.0 Å². The topological polar surface area (TPSA) is 214 Å². The van der Waals surface area contributed by atoms with Gasteiger partial charge in [0.15, 0.2) is 0 Å². The van der Waals surface area contributed by atoms with Crippen LogP contribution in [0.5, 0.6) is 0 Å². The summed E-state index contributed by atoms with van der Waals surface area (Å²) in [6, 6.07) is 21.9. The fraction of sp³-hybridized carbons (Fsp3) is 0. The number of amides is 4. The third-order valence-electron chi connectivity index (χ3n) is 5.73. The Labute approximate surface area is 295 Å². The van der Waals surface area contributed by atoms with Crippen LogP contribution in [0.3, 0.4) is 0 Å². The first-order chi connectivity index (χ1) is 19.8. The summed E-state index contributed by atoms with van der Waals surface area (Å²) < 4.78 is 22.5. The number of anilines is 4. The number of benzene rings is 4. The van der Waals surface area contributed by atoms with Crippen LogP contribution in [0.1, 0.15) is 20.7 Å². The molecule has 0 fully saturated rings. The maximum absolute atomic E-state index is 12.5. The average molecular weight is 656 g/mol. The molecule has 0 aliphatic carbocycles. The molecule has 17 heteroatoms. The van der Waals surface area contributed by atoms with Crippen molar-refractivity contribution in [3.05, 3.63) is 108 Å². The van der Waals surface area contributed by atoms with Gasteiger partial charge in [0, 0.05) is 93.0 Å². The Kier molecular flexibility index (Phi) is 13.7. The standard InChI is InChI=1S/C27H24N4O9P2.2Na/c32-25(28-19-9-13-23(14-10-19)41(35,36)37)17-1-5-21(6-2-17)30-27(34)31-22-7-3-18(4-8-22)26(33)29-20-11-15-24(16-12-20)42(38,39)40;;/h1-16H,(H,28,32)(H,29,33)(H2,30,31,34)(H2,35,36,37)(H2,38,39,40);;. The third-order valence-corrected chi connectivity index (χ3v) is 7.67. The minimum Gasteiger partial charge on any atom is -0.322 e. The second kappa shape index (κ2) is 16.1. The maximum atomic E-state index is 12.5. The molecule has 0 aliphatic rings. The minimum atomic E-state index is -4.38. The van der Waals surface area contributed by atoms with Gasteiger partial charge in [0.25, 0.3) is 11.8 Å². The van der Waals surface area contributed by atoms with Crippen LogP contribution in [-0.4, -0.2) is 96.5 Å². The number of nitrogens with one attached hydrogen (secondary N) is 4. The first-order valence-corrected chi connectivity index (χ1v) is 15.2. The van der Waals surface area contributed by atoms with Gasteiger partial charge in [0.2, 0.25) is 0 Å². The fourth-order valence-electron chi connectivity index (χ4n) is 3.59.